The molecule has 0 unspecified atom stereocenters. The molecule has 3 aromatic carbocycles. The summed E-state index contributed by atoms with van der Waals surface area (Å²) in [6.45, 7) is 0.747. The maximum absolute atomic E-state index is 13.4. The van der Waals surface area contributed by atoms with Gasteiger partial charge in [-0.2, -0.15) is 0 Å². The molecule has 3 nitrogen and oxygen atoms in total. The molecule has 0 saturated carbocycles. The Balaban J connectivity index is 1.51. The summed E-state index contributed by atoms with van der Waals surface area (Å²) < 4.78 is 0. The van der Waals surface area contributed by atoms with Crippen molar-refractivity contribution >= 4 is 28.6 Å². The summed E-state index contributed by atoms with van der Waals surface area (Å²) in [6, 6.07) is 27.3. The molecule has 4 aromatic rings. The molecule has 156 valence electrons. The molecule has 0 spiro atoms. The zero-order valence-corrected chi connectivity index (χ0v) is 18.5. The van der Waals surface area contributed by atoms with E-state index in [0.29, 0.717) is 6.42 Å². The molecule has 1 aromatic heterocycles. The number of hydrogen-bond donors (Lipinski definition) is 1. The third kappa shape index (κ3) is 3.88. The van der Waals surface area contributed by atoms with Crippen molar-refractivity contribution in [3.8, 4) is 0 Å². The molecule has 4 heteroatoms. The number of amides is 1. The fourth-order valence-electron chi connectivity index (χ4n) is 4.68. The predicted octanol–water partition coefficient (Wildman–Crippen LogP) is 6.00. The van der Waals surface area contributed by atoms with Crippen molar-refractivity contribution in [2.24, 2.45) is 0 Å². The fraction of sp³-hybridized carbons (Fsp3) is 0.222. The van der Waals surface area contributed by atoms with Crippen LogP contribution in [-0.4, -0.2) is 28.6 Å². The molecule has 1 N–H and O–H groups in total. The summed E-state index contributed by atoms with van der Waals surface area (Å²) in [5.41, 5.74) is 6.04. The van der Waals surface area contributed by atoms with Crippen LogP contribution in [0.4, 0.5) is 0 Å². The van der Waals surface area contributed by atoms with Crippen LogP contribution in [0.15, 0.2) is 83.8 Å². The third-order valence-corrected chi connectivity index (χ3v) is 7.00. The molecule has 5 rings (SSSR count). The number of aromatic amines is 1. The molecule has 0 saturated heterocycles. The molecular formula is C27H26N2OS. The monoisotopic (exact) mass is 426 g/mol. The normalized spacial score (nSPS) is 15.8. The van der Waals surface area contributed by atoms with E-state index in [2.05, 4.69) is 76.8 Å². The van der Waals surface area contributed by atoms with Gasteiger partial charge in [-0.15, -0.1) is 11.8 Å². The van der Waals surface area contributed by atoms with Crippen LogP contribution in [0.3, 0.4) is 0 Å². The Bertz CT molecular complexity index is 1200. The molecule has 0 bridgehead atoms. The van der Waals surface area contributed by atoms with Crippen LogP contribution in [0, 0.1) is 0 Å². The zero-order chi connectivity index (χ0) is 21.2. The first-order valence-corrected chi connectivity index (χ1v) is 12.0. The van der Waals surface area contributed by atoms with Gasteiger partial charge in [-0.25, -0.2) is 0 Å². The highest BCUT2D eigenvalue weighted by Gasteiger charge is 2.34. The number of H-pyrrole nitrogens is 1. The van der Waals surface area contributed by atoms with E-state index in [-0.39, 0.29) is 11.9 Å². The molecule has 1 aliphatic rings. The summed E-state index contributed by atoms with van der Waals surface area (Å²) in [7, 11) is 0. The van der Waals surface area contributed by atoms with Crippen LogP contribution in [-0.2, 0) is 17.6 Å². The van der Waals surface area contributed by atoms with E-state index in [1.165, 1.54) is 27.0 Å². The number of nitrogens with one attached hydrogen (secondary N) is 1. The highest BCUT2D eigenvalue weighted by Crippen LogP contribution is 2.39. The third-order valence-electron chi connectivity index (χ3n) is 6.26. The number of aryl methyl sites for hydroxylation is 1. The zero-order valence-electron chi connectivity index (χ0n) is 17.7. The summed E-state index contributed by atoms with van der Waals surface area (Å²) in [5.74, 6) is 0.215. The maximum atomic E-state index is 13.4. The van der Waals surface area contributed by atoms with Gasteiger partial charge in [-0.1, -0.05) is 60.7 Å². The highest BCUT2D eigenvalue weighted by atomic mass is 32.2. The molecule has 1 atom stereocenters. The van der Waals surface area contributed by atoms with Crippen molar-refractivity contribution < 1.29 is 4.79 Å². The van der Waals surface area contributed by atoms with Crippen LogP contribution in [0.5, 0.6) is 0 Å². The number of thioether (sulfide) groups is 1. The van der Waals surface area contributed by atoms with E-state index in [4.69, 9.17) is 0 Å². The van der Waals surface area contributed by atoms with Crippen molar-refractivity contribution in [2.45, 2.75) is 30.2 Å². The lowest BCUT2D eigenvalue weighted by atomic mass is 9.92. The summed E-state index contributed by atoms with van der Waals surface area (Å²) in [6.07, 6.45) is 4.27. The second-order valence-electron chi connectivity index (χ2n) is 8.06. The second kappa shape index (κ2) is 8.64. The minimum absolute atomic E-state index is 0.0738. The molecule has 0 aliphatic carbocycles. The maximum Gasteiger partial charge on any atom is 0.223 e. The average molecular weight is 427 g/mol. The lowest BCUT2D eigenvalue weighted by Crippen LogP contribution is -2.40. The molecule has 31 heavy (non-hydrogen) atoms. The number of para-hydroxylation sites is 1. The molecule has 1 amide bonds. The first kappa shape index (κ1) is 20.0. The first-order valence-electron chi connectivity index (χ1n) is 10.8. The number of carbonyl (C=O) groups excluding carboxylic acids is 1. The van der Waals surface area contributed by atoms with Gasteiger partial charge in [0.1, 0.15) is 0 Å². The summed E-state index contributed by atoms with van der Waals surface area (Å²) in [4.78, 5) is 20.4. The lowest BCUT2D eigenvalue weighted by molar-refractivity contribution is -0.133. The van der Waals surface area contributed by atoms with Crippen molar-refractivity contribution in [3.63, 3.8) is 0 Å². The van der Waals surface area contributed by atoms with Gasteiger partial charge < -0.3 is 9.88 Å². The van der Waals surface area contributed by atoms with Crippen LogP contribution >= 0.6 is 11.8 Å². The van der Waals surface area contributed by atoms with Gasteiger partial charge in [0.15, 0.2) is 0 Å². The molecule has 1 aliphatic heterocycles. The van der Waals surface area contributed by atoms with Crippen molar-refractivity contribution in [1.29, 1.82) is 0 Å². The Labute approximate surface area is 187 Å². The SMILES string of the molecule is CSc1ccc([C@H]2c3[nH]c4ccccc4c3CCN2C(=O)CCc2ccccc2)cc1. The number of carbonyl (C=O) groups is 1. The van der Waals surface area contributed by atoms with Gasteiger partial charge in [-0.05, 0) is 54.0 Å². The van der Waals surface area contributed by atoms with Gasteiger partial charge in [-0.3, -0.25) is 4.79 Å². The molecule has 2 heterocycles. The van der Waals surface area contributed by atoms with E-state index in [1.807, 2.05) is 18.2 Å². The van der Waals surface area contributed by atoms with Crippen molar-refractivity contribution in [1.82, 2.24) is 9.88 Å². The Hall–Kier alpha value is -2.98. The van der Waals surface area contributed by atoms with Crippen LogP contribution in [0.25, 0.3) is 10.9 Å². The summed E-state index contributed by atoms with van der Waals surface area (Å²) >= 11 is 1.74. The largest absolute Gasteiger partial charge is 0.356 e. The van der Waals surface area contributed by atoms with Gasteiger partial charge in [0, 0.05) is 34.5 Å². The van der Waals surface area contributed by atoms with E-state index in [0.717, 1.165) is 30.6 Å². The van der Waals surface area contributed by atoms with Crippen molar-refractivity contribution in [2.75, 3.05) is 12.8 Å². The topological polar surface area (TPSA) is 36.1 Å². The lowest BCUT2D eigenvalue weighted by Gasteiger charge is -2.36. The second-order valence-corrected chi connectivity index (χ2v) is 8.94. The molecule has 0 fully saturated rings. The smallest absolute Gasteiger partial charge is 0.223 e. The van der Waals surface area contributed by atoms with Crippen molar-refractivity contribution in [3.05, 3.63) is 101 Å². The number of nitrogens with zero attached hydrogens (tertiary/aromatic N) is 1. The molecular weight excluding hydrogens is 400 g/mol. The van der Waals surface area contributed by atoms with Crippen LogP contribution in [0.1, 0.15) is 34.8 Å². The highest BCUT2D eigenvalue weighted by molar-refractivity contribution is 7.98. The number of fused-ring (bicyclic) bond motifs is 3. The first-order chi connectivity index (χ1) is 15.2. The van der Waals surface area contributed by atoms with E-state index >= 15 is 0 Å². The Kier molecular flexibility index (Phi) is 5.56. The fourth-order valence-corrected chi connectivity index (χ4v) is 5.09. The van der Waals surface area contributed by atoms with Gasteiger partial charge in [0.05, 0.1) is 6.04 Å². The average Bonchev–Trinajstić information content (AvgIpc) is 3.21. The standard InChI is InChI=1S/C27H26N2OS/c1-31-21-14-12-20(13-15-21)27-26-23(22-9-5-6-10-24(22)28-26)17-18-29(27)25(30)16-11-19-7-3-2-4-8-19/h2-10,12-15,27-28H,11,16-18H2,1H3/t27-/m0/s1. The predicted molar refractivity (Wildman–Crippen MR) is 129 cm³/mol. The number of hydrogen-bond acceptors (Lipinski definition) is 2. The number of rotatable bonds is 5. The van der Waals surface area contributed by atoms with Gasteiger partial charge in [0.2, 0.25) is 5.91 Å². The van der Waals surface area contributed by atoms with Crippen LogP contribution < -0.4 is 0 Å². The number of benzene rings is 3. The Morgan fingerprint density at radius 3 is 2.52 bits per heavy atom. The van der Waals surface area contributed by atoms with E-state index in [1.54, 1.807) is 11.8 Å². The van der Waals surface area contributed by atoms with E-state index < -0.39 is 0 Å². The van der Waals surface area contributed by atoms with Gasteiger partial charge >= 0.3 is 0 Å². The molecule has 0 radical (unpaired) electrons. The van der Waals surface area contributed by atoms with Gasteiger partial charge in [0.25, 0.3) is 0 Å². The quantitative estimate of drug-likeness (QED) is 0.398. The van der Waals surface area contributed by atoms with Crippen LogP contribution in [0.2, 0.25) is 0 Å². The van der Waals surface area contributed by atoms with E-state index in [9.17, 15) is 4.79 Å². The minimum Gasteiger partial charge on any atom is -0.356 e. The number of aromatic nitrogens is 1. The Morgan fingerprint density at radius 2 is 1.74 bits per heavy atom. The minimum atomic E-state index is -0.0738. The summed E-state index contributed by atoms with van der Waals surface area (Å²) in [5, 5.41) is 1.28. The Morgan fingerprint density at radius 1 is 1.00 bits per heavy atom.